The van der Waals surface area contributed by atoms with Crippen LogP contribution >= 0.6 is 0 Å². The van der Waals surface area contributed by atoms with Crippen LogP contribution in [0.1, 0.15) is 41.4 Å². The normalized spacial score (nSPS) is 8.30. The van der Waals surface area contributed by atoms with Crippen LogP contribution in [0, 0.1) is 0 Å². The summed E-state index contributed by atoms with van der Waals surface area (Å²) in [5.74, 6) is -5.20. The summed E-state index contributed by atoms with van der Waals surface area (Å²) in [5, 5.41) is 36.0. The van der Waals surface area contributed by atoms with Gasteiger partial charge >= 0.3 is 17.9 Å². The van der Waals surface area contributed by atoms with Crippen molar-refractivity contribution in [3.8, 4) is 0 Å². The predicted molar refractivity (Wildman–Crippen MR) is 85.3 cm³/mol. The number of carbonyl (C=O) groups excluding carboxylic acids is 1. The van der Waals surface area contributed by atoms with Gasteiger partial charge in [-0.3, -0.25) is 0 Å². The summed E-state index contributed by atoms with van der Waals surface area (Å²) >= 11 is 0. The molecule has 0 fully saturated rings. The van der Waals surface area contributed by atoms with Gasteiger partial charge < -0.3 is 36.2 Å². The molecule has 151 valence electrons. The van der Waals surface area contributed by atoms with Crippen molar-refractivity contribution in [1.82, 2.24) is 0 Å². The van der Waals surface area contributed by atoms with Gasteiger partial charge in [0.2, 0.25) is 0 Å². The third-order valence-electron chi connectivity index (χ3n) is 2.77. The molecule has 11 heteroatoms. The zero-order valence-corrected chi connectivity index (χ0v) is 14.2. The molecular formula is C16H15CuO10-. The number of benzene rings is 2. The van der Waals surface area contributed by atoms with Gasteiger partial charge in [0.25, 0.3) is 0 Å². The zero-order valence-electron chi connectivity index (χ0n) is 13.3. The van der Waals surface area contributed by atoms with Gasteiger partial charge in [0.15, 0.2) is 0 Å². The standard InChI is InChI=1S/2C8H6O4.Cu.2H2O/c2*9-7(10)5-3-1-2-4-6(5)8(11)12;;;/h2*1-4H,(H,9,10)(H,11,12);;2*1H2/p-1. The van der Waals surface area contributed by atoms with Crippen LogP contribution in [0.2, 0.25) is 0 Å². The largest absolute Gasteiger partial charge is 0.545 e. The molecule has 0 spiro atoms. The van der Waals surface area contributed by atoms with Crippen molar-refractivity contribution in [3.63, 3.8) is 0 Å². The van der Waals surface area contributed by atoms with Crippen LogP contribution in [0.3, 0.4) is 0 Å². The Morgan fingerprint density at radius 3 is 1.00 bits per heavy atom. The SMILES string of the molecule is O.O.O=C(O)c1ccccc1C(=O)O.O=C([O-])c1ccccc1C(=O)O.[Cu]. The Morgan fingerprint density at radius 1 is 0.593 bits per heavy atom. The van der Waals surface area contributed by atoms with Crippen LogP contribution in [0.5, 0.6) is 0 Å². The summed E-state index contributed by atoms with van der Waals surface area (Å²) < 4.78 is 0. The summed E-state index contributed by atoms with van der Waals surface area (Å²) in [6.45, 7) is 0. The average Bonchev–Trinajstić information content (AvgIpc) is 2.55. The van der Waals surface area contributed by atoms with E-state index >= 15 is 0 Å². The van der Waals surface area contributed by atoms with Crippen LogP contribution in [0.4, 0.5) is 0 Å². The van der Waals surface area contributed by atoms with E-state index in [0.29, 0.717) is 0 Å². The van der Waals surface area contributed by atoms with Gasteiger partial charge in [0.1, 0.15) is 0 Å². The van der Waals surface area contributed by atoms with Gasteiger partial charge in [-0.15, -0.1) is 0 Å². The Labute approximate surface area is 162 Å². The Hall–Kier alpha value is -3.24. The molecule has 2 aromatic rings. The molecule has 7 N–H and O–H groups in total. The molecular weight excluding hydrogens is 416 g/mol. The summed E-state index contributed by atoms with van der Waals surface area (Å²) in [6, 6.07) is 10.8. The van der Waals surface area contributed by atoms with Crippen LogP contribution in [-0.2, 0) is 17.1 Å². The maximum Gasteiger partial charge on any atom is 0.336 e. The average molecular weight is 431 g/mol. The molecule has 0 unspecified atom stereocenters. The molecule has 0 aliphatic rings. The van der Waals surface area contributed by atoms with Crippen molar-refractivity contribution in [2.24, 2.45) is 0 Å². The molecule has 0 heterocycles. The van der Waals surface area contributed by atoms with Gasteiger partial charge in [-0.05, 0) is 18.2 Å². The first-order valence-corrected chi connectivity index (χ1v) is 6.35. The minimum Gasteiger partial charge on any atom is -0.545 e. The van der Waals surface area contributed by atoms with Crippen molar-refractivity contribution < 1.29 is 67.6 Å². The van der Waals surface area contributed by atoms with Crippen LogP contribution in [0.15, 0.2) is 48.5 Å². The van der Waals surface area contributed by atoms with E-state index in [9.17, 15) is 24.3 Å². The number of aromatic carboxylic acids is 4. The molecule has 0 atom stereocenters. The zero-order chi connectivity index (χ0) is 18.3. The van der Waals surface area contributed by atoms with Crippen molar-refractivity contribution in [2.45, 2.75) is 0 Å². The third kappa shape index (κ3) is 8.12. The van der Waals surface area contributed by atoms with E-state index < -0.39 is 23.9 Å². The monoisotopic (exact) mass is 430 g/mol. The molecule has 0 saturated heterocycles. The van der Waals surface area contributed by atoms with Gasteiger partial charge in [0.05, 0.1) is 22.7 Å². The second-order valence-electron chi connectivity index (χ2n) is 4.29. The predicted octanol–water partition coefficient (Wildman–Crippen LogP) is -0.821. The number of rotatable bonds is 4. The Balaban J connectivity index is -0.000000384. The molecule has 27 heavy (non-hydrogen) atoms. The third-order valence-corrected chi connectivity index (χ3v) is 2.77. The van der Waals surface area contributed by atoms with Crippen molar-refractivity contribution in [2.75, 3.05) is 0 Å². The molecule has 0 aliphatic carbocycles. The molecule has 10 nitrogen and oxygen atoms in total. The van der Waals surface area contributed by atoms with Gasteiger partial charge in [-0.2, -0.15) is 0 Å². The second kappa shape index (κ2) is 13.0. The minimum absolute atomic E-state index is 0. The van der Waals surface area contributed by atoms with Gasteiger partial charge in [0, 0.05) is 22.6 Å². The molecule has 1 radical (unpaired) electrons. The molecule has 0 aromatic heterocycles. The minimum atomic E-state index is -1.48. The first kappa shape index (κ1) is 28.6. The fourth-order valence-corrected chi connectivity index (χ4v) is 1.70. The van der Waals surface area contributed by atoms with Crippen LogP contribution < -0.4 is 5.11 Å². The number of carboxylic acids is 4. The summed E-state index contributed by atoms with van der Waals surface area (Å²) in [6.07, 6.45) is 0. The summed E-state index contributed by atoms with van der Waals surface area (Å²) in [4.78, 5) is 41.7. The Morgan fingerprint density at radius 2 is 0.815 bits per heavy atom. The van der Waals surface area contributed by atoms with Crippen molar-refractivity contribution >= 4 is 23.9 Å². The maximum atomic E-state index is 10.5. The van der Waals surface area contributed by atoms with Crippen molar-refractivity contribution in [1.29, 1.82) is 0 Å². The molecule has 2 aromatic carbocycles. The molecule has 0 aliphatic heterocycles. The summed E-state index contributed by atoms with van der Waals surface area (Å²) in [5.41, 5.74) is -0.933. The number of hydrogen-bond donors (Lipinski definition) is 3. The topological polar surface area (TPSA) is 215 Å². The quantitative estimate of drug-likeness (QED) is 0.519. The smallest absolute Gasteiger partial charge is 0.336 e. The van der Waals surface area contributed by atoms with Crippen molar-refractivity contribution in [3.05, 3.63) is 70.8 Å². The van der Waals surface area contributed by atoms with E-state index in [2.05, 4.69) is 0 Å². The molecule has 0 bridgehead atoms. The number of carboxylic acid groups (broad SMARTS) is 4. The van der Waals surface area contributed by atoms with E-state index in [1.54, 1.807) is 0 Å². The van der Waals surface area contributed by atoms with E-state index in [1.165, 1.54) is 48.5 Å². The number of hydrogen-bond acceptors (Lipinski definition) is 5. The second-order valence-corrected chi connectivity index (χ2v) is 4.29. The first-order chi connectivity index (χ1) is 11.3. The first-order valence-electron chi connectivity index (χ1n) is 6.35. The number of carbonyl (C=O) groups is 4. The van der Waals surface area contributed by atoms with Crippen LogP contribution in [0.25, 0.3) is 0 Å². The molecule has 0 amide bonds. The molecule has 0 saturated carbocycles. The fraction of sp³-hybridized carbons (Fsp3) is 0. The van der Waals surface area contributed by atoms with E-state index in [4.69, 9.17) is 15.3 Å². The van der Waals surface area contributed by atoms with E-state index in [1.807, 2.05) is 0 Å². The van der Waals surface area contributed by atoms with Gasteiger partial charge in [-0.25, -0.2) is 14.4 Å². The fourth-order valence-electron chi connectivity index (χ4n) is 1.70. The summed E-state index contributed by atoms with van der Waals surface area (Å²) in [7, 11) is 0. The molecule has 2 rings (SSSR count). The van der Waals surface area contributed by atoms with E-state index in [0.717, 1.165) is 0 Å². The maximum absolute atomic E-state index is 10.5. The van der Waals surface area contributed by atoms with Gasteiger partial charge in [-0.1, -0.05) is 30.3 Å². The van der Waals surface area contributed by atoms with Crippen LogP contribution in [-0.4, -0.2) is 50.1 Å². The Bertz CT molecular complexity index is 670. The Kier molecular flexibility index (Phi) is 13.8. The van der Waals surface area contributed by atoms with E-state index in [-0.39, 0.29) is 50.3 Å².